The predicted octanol–water partition coefficient (Wildman–Crippen LogP) is 2.25. The normalized spacial score (nSPS) is 17.7. The number of aryl methyl sites for hydroxylation is 1. The van der Waals surface area contributed by atoms with Crippen LogP contribution in [0.5, 0.6) is 0 Å². The lowest BCUT2D eigenvalue weighted by molar-refractivity contribution is -0.122. The summed E-state index contributed by atoms with van der Waals surface area (Å²) in [4.78, 5) is 30.4. The van der Waals surface area contributed by atoms with Crippen molar-refractivity contribution in [2.45, 2.75) is 39.3 Å². The van der Waals surface area contributed by atoms with Gasteiger partial charge >= 0.3 is 0 Å². The number of piperazine rings is 1. The maximum absolute atomic E-state index is 13.1. The summed E-state index contributed by atoms with van der Waals surface area (Å²) >= 11 is 1.74. The Balaban J connectivity index is 1.35. The number of hydrogen-bond donors (Lipinski definition) is 1. The van der Waals surface area contributed by atoms with Gasteiger partial charge in [0.05, 0.1) is 18.7 Å². The Hall–Kier alpha value is -2.12. The van der Waals surface area contributed by atoms with Crippen LogP contribution in [0, 0.1) is 13.8 Å². The van der Waals surface area contributed by atoms with Crippen LogP contribution in [0.1, 0.15) is 39.5 Å². The Bertz CT molecular complexity index is 846. The molecule has 0 aromatic carbocycles. The fourth-order valence-corrected chi connectivity index (χ4v) is 4.50. The van der Waals surface area contributed by atoms with Crippen molar-refractivity contribution in [1.82, 2.24) is 19.7 Å². The summed E-state index contributed by atoms with van der Waals surface area (Å²) in [7, 11) is 0. The second kappa shape index (κ2) is 8.09. The highest BCUT2D eigenvalue weighted by atomic mass is 32.1. The summed E-state index contributed by atoms with van der Waals surface area (Å²) in [5.74, 6) is 0.215. The molecule has 1 N–H and O–H groups in total. The fourth-order valence-electron chi connectivity index (χ4n) is 3.80. The largest absolute Gasteiger partial charge is 0.352 e. The number of nitrogens with one attached hydrogen (secondary N) is 1. The Kier molecular flexibility index (Phi) is 5.55. The third kappa shape index (κ3) is 4.31. The van der Waals surface area contributed by atoms with Crippen LogP contribution in [0.4, 0.5) is 0 Å². The van der Waals surface area contributed by atoms with E-state index in [0.717, 1.165) is 49.4 Å². The molecule has 3 heterocycles. The minimum Gasteiger partial charge on any atom is -0.352 e. The number of hydrogen-bond acceptors (Lipinski definition) is 4. The molecule has 2 aromatic heterocycles. The van der Waals surface area contributed by atoms with Crippen molar-refractivity contribution in [1.29, 1.82) is 0 Å². The summed E-state index contributed by atoms with van der Waals surface area (Å²) < 4.78 is 2.22. The van der Waals surface area contributed by atoms with Crippen molar-refractivity contribution < 1.29 is 9.59 Å². The lowest BCUT2D eigenvalue weighted by Gasteiger charge is -2.34. The fraction of sp³-hybridized carbons (Fsp3) is 0.524. The van der Waals surface area contributed by atoms with Crippen LogP contribution in [-0.2, 0) is 11.3 Å². The summed E-state index contributed by atoms with van der Waals surface area (Å²) in [5, 5.41) is 5.12. The number of carbonyl (C=O) groups is 2. The average Bonchev–Trinajstić information content (AvgIpc) is 3.24. The molecular weight excluding hydrogens is 372 g/mol. The SMILES string of the molecule is Cc1cc(C(=O)N2CCN(CC(=O)NC3CC3)CC2)c(C)n1Cc1cccs1. The number of rotatable bonds is 6. The van der Waals surface area contributed by atoms with Crippen LogP contribution in [0.2, 0.25) is 0 Å². The predicted molar refractivity (Wildman–Crippen MR) is 111 cm³/mol. The molecule has 2 aromatic rings. The van der Waals surface area contributed by atoms with Crippen LogP contribution in [0.15, 0.2) is 23.6 Å². The van der Waals surface area contributed by atoms with Gasteiger partial charge in [0.25, 0.3) is 5.91 Å². The monoisotopic (exact) mass is 400 g/mol. The van der Waals surface area contributed by atoms with Gasteiger partial charge in [0.2, 0.25) is 5.91 Å². The standard InChI is InChI=1S/C21H28N4O2S/c1-15-12-19(16(2)25(15)13-18-4-3-11-28-18)21(27)24-9-7-23(8-10-24)14-20(26)22-17-5-6-17/h3-4,11-12,17H,5-10,13-14H2,1-2H3,(H,22,26). The van der Waals surface area contributed by atoms with E-state index in [1.54, 1.807) is 11.3 Å². The summed E-state index contributed by atoms with van der Waals surface area (Å²) in [6.07, 6.45) is 2.22. The van der Waals surface area contributed by atoms with E-state index in [1.165, 1.54) is 4.88 Å². The van der Waals surface area contributed by atoms with Crippen molar-refractivity contribution in [3.8, 4) is 0 Å². The molecule has 0 radical (unpaired) electrons. The molecule has 1 saturated carbocycles. The van der Waals surface area contributed by atoms with Crippen LogP contribution in [-0.4, -0.2) is 64.9 Å². The van der Waals surface area contributed by atoms with Gasteiger partial charge in [0, 0.05) is 48.5 Å². The smallest absolute Gasteiger partial charge is 0.255 e. The highest BCUT2D eigenvalue weighted by Crippen LogP contribution is 2.21. The molecule has 1 saturated heterocycles. The van der Waals surface area contributed by atoms with Gasteiger partial charge in [-0.2, -0.15) is 0 Å². The van der Waals surface area contributed by atoms with Gasteiger partial charge in [-0.15, -0.1) is 11.3 Å². The van der Waals surface area contributed by atoms with Crippen molar-refractivity contribution in [2.75, 3.05) is 32.7 Å². The molecule has 2 amide bonds. The number of carbonyl (C=O) groups excluding carboxylic acids is 2. The van der Waals surface area contributed by atoms with E-state index >= 15 is 0 Å². The molecule has 1 aliphatic heterocycles. The van der Waals surface area contributed by atoms with E-state index in [-0.39, 0.29) is 11.8 Å². The lowest BCUT2D eigenvalue weighted by atomic mass is 10.2. The van der Waals surface area contributed by atoms with Gasteiger partial charge in [0.1, 0.15) is 0 Å². The van der Waals surface area contributed by atoms with E-state index in [4.69, 9.17) is 0 Å². The topological polar surface area (TPSA) is 57.6 Å². The first-order valence-electron chi connectivity index (χ1n) is 10.0. The van der Waals surface area contributed by atoms with E-state index in [9.17, 15) is 9.59 Å². The Morgan fingerprint density at radius 1 is 1.18 bits per heavy atom. The highest BCUT2D eigenvalue weighted by Gasteiger charge is 2.28. The van der Waals surface area contributed by atoms with Gasteiger partial charge in [-0.1, -0.05) is 6.07 Å². The second-order valence-corrected chi connectivity index (χ2v) is 8.89. The first-order valence-corrected chi connectivity index (χ1v) is 10.9. The van der Waals surface area contributed by atoms with Crippen LogP contribution >= 0.6 is 11.3 Å². The van der Waals surface area contributed by atoms with Crippen molar-refractivity contribution in [3.63, 3.8) is 0 Å². The molecular formula is C21H28N4O2S. The second-order valence-electron chi connectivity index (χ2n) is 7.86. The van der Waals surface area contributed by atoms with Crippen molar-refractivity contribution >= 4 is 23.2 Å². The molecule has 28 heavy (non-hydrogen) atoms. The van der Waals surface area contributed by atoms with E-state index in [0.29, 0.717) is 25.7 Å². The molecule has 150 valence electrons. The van der Waals surface area contributed by atoms with E-state index in [1.807, 2.05) is 17.9 Å². The molecule has 1 aliphatic carbocycles. The van der Waals surface area contributed by atoms with Gasteiger partial charge in [0.15, 0.2) is 0 Å². The Morgan fingerprint density at radius 3 is 2.57 bits per heavy atom. The van der Waals surface area contributed by atoms with Crippen LogP contribution < -0.4 is 5.32 Å². The molecule has 2 aliphatic rings. The van der Waals surface area contributed by atoms with E-state index in [2.05, 4.69) is 39.2 Å². The zero-order chi connectivity index (χ0) is 19.7. The Morgan fingerprint density at radius 2 is 1.93 bits per heavy atom. The third-order valence-electron chi connectivity index (χ3n) is 5.67. The average molecular weight is 401 g/mol. The first-order chi connectivity index (χ1) is 13.5. The Labute approximate surface area is 170 Å². The van der Waals surface area contributed by atoms with Crippen molar-refractivity contribution in [3.05, 3.63) is 45.4 Å². The van der Waals surface area contributed by atoms with Gasteiger partial charge in [-0.3, -0.25) is 14.5 Å². The molecule has 4 rings (SSSR count). The molecule has 0 spiro atoms. The maximum atomic E-state index is 13.1. The summed E-state index contributed by atoms with van der Waals surface area (Å²) in [5.41, 5.74) is 2.95. The minimum atomic E-state index is 0.104. The van der Waals surface area contributed by atoms with Gasteiger partial charge < -0.3 is 14.8 Å². The highest BCUT2D eigenvalue weighted by molar-refractivity contribution is 7.09. The molecule has 6 nitrogen and oxygen atoms in total. The summed E-state index contributed by atoms with van der Waals surface area (Å²) in [6.45, 7) is 8.18. The van der Waals surface area contributed by atoms with E-state index < -0.39 is 0 Å². The molecule has 2 fully saturated rings. The zero-order valence-electron chi connectivity index (χ0n) is 16.6. The van der Waals surface area contributed by atoms with Crippen LogP contribution in [0.3, 0.4) is 0 Å². The quantitative estimate of drug-likeness (QED) is 0.809. The maximum Gasteiger partial charge on any atom is 0.255 e. The number of amides is 2. The first kappa shape index (κ1) is 19.2. The number of aromatic nitrogens is 1. The van der Waals surface area contributed by atoms with Gasteiger partial charge in [-0.25, -0.2) is 0 Å². The molecule has 7 heteroatoms. The third-order valence-corrected chi connectivity index (χ3v) is 6.53. The molecule has 0 unspecified atom stereocenters. The van der Waals surface area contributed by atoms with Crippen LogP contribution in [0.25, 0.3) is 0 Å². The number of nitrogens with zero attached hydrogens (tertiary/aromatic N) is 3. The summed E-state index contributed by atoms with van der Waals surface area (Å²) in [6, 6.07) is 6.61. The molecule has 0 atom stereocenters. The van der Waals surface area contributed by atoms with Gasteiger partial charge in [-0.05, 0) is 44.2 Å². The lowest BCUT2D eigenvalue weighted by Crippen LogP contribution is -2.51. The van der Waals surface area contributed by atoms with Crippen molar-refractivity contribution in [2.24, 2.45) is 0 Å². The molecule has 0 bridgehead atoms. The number of thiophene rings is 1. The minimum absolute atomic E-state index is 0.104. The zero-order valence-corrected chi connectivity index (χ0v) is 17.4.